The molecule has 0 aliphatic rings. The van der Waals surface area contributed by atoms with Crippen molar-refractivity contribution < 1.29 is 91.3 Å². The number of phosphoric acid groups is 3. The van der Waals surface area contributed by atoms with Gasteiger partial charge in [0, 0.05) is 0 Å². The molecule has 86 heavy (non-hydrogen) atoms. The predicted octanol–water partition coefficient (Wildman–Crippen LogP) is 17.8. The largest absolute Gasteiger partial charge is 3.00 e. The third kappa shape index (κ3) is 45.8. The molecular formula is C69H117Cr2O12P3. The van der Waals surface area contributed by atoms with Crippen molar-refractivity contribution >= 4 is 23.5 Å². The van der Waals surface area contributed by atoms with Crippen LogP contribution in [0.15, 0.2) is 54.6 Å². The van der Waals surface area contributed by atoms with E-state index in [1.54, 1.807) is 18.2 Å². The number of phosphoric ester groups is 3. The molecule has 12 nitrogen and oxygen atoms in total. The number of hydrogen-bond donors (Lipinski definition) is 0. The number of benzene rings is 3. The summed E-state index contributed by atoms with van der Waals surface area (Å²) >= 11 is 0. The van der Waals surface area contributed by atoms with Crippen LogP contribution in [0, 0.1) is 17.8 Å². The van der Waals surface area contributed by atoms with E-state index in [4.69, 9.17) is 13.6 Å². The van der Waals surface area contributed by atoms with Crippen molar-refractivity contribution in [3.8, 4) is 17.2 Å². The Morgan fingerprint density at radius 3 is 0.721 bits per heavy atom. The van der Waals surface area contributed by atoms with E-state index < -0.39 is 23.5 Å². The minimum Gasteiger partial charge on any atom is -0.780 e. The van der Waals surface area contributed by atoms with Crippen LogP contribution in [0.1, 0.15) is 308 Å². The molecule has 2 radical (unpaired) electrons. The van der Waals surface area contributed by atoms with Crippen LogP contribution in [0.3, 0.4) is 0 Å². The molecule has 0 heterocycles. The monoisotopic (exact) mass is 1330 g/mol. The Morgan fingerprint density at radius 2 is 0.523 bits per heavy atom. The van der Waals surface area contributed by atoms with Gasteiger partial charge in [0.2, 0.25) is 0 Å². The first-order valence-corrected chi connectivity index (χ1v) is 38.1. The summed E-state index contributed by atoms with van der Waals surface area (Å²) in [7, 11) is -15.1. The zero-order valence-corrected chi connectivity index (χ0v) is 60.3. The molecule has 3 rings (SSSR count). The molecule has 0 N–H and O–H groups in total. The van der Waals surface area contributed by atoms with Crippen LogP contribution >= 0.6 is 23.5 Å². The fourth-order valence-electron chi connectivity index (χ4n) is 11.1. The first-order chi connectivity index (χ1) is 40.2. The van der Waals surface area contributed by atoms with Crippen LogP contribution in [-0.4, -0.2) is 0 Å². The summed E-state index contributed by atoms with van der Waals surface area (Å²) < 4.78 is 47.7. The number of unbranched alkanes of at least 4 members (excludes halogenated alkanes) is 21. The Bertz CT molecular complexity index is 2010. The van der Waals surface area contributed by atoms with Crippen LogP contribution in [0.5, 0.6) is 17.2 Å². The summed E-state index contributed by atoms with van der Waals surface area (Å²) in [6, 6.07) is 16.9. The summed E-state index contributed by atoms with van der Waals surface area (Å²) in [5.74, 6) is 2.08. The molecule has 0 bridgehead atoms. The molecule has 3 aromatic rings. The van der Waals surface area contributed by atoms with Crippen molar-refractivity contribution in [3.05, 3.63) is 88.0 Å². The number of aryl methyl sites for hydroxylation is 3. The third-order valence-corrected chi connectivity index (χ3v) is 17.6. The zero-order chi connectivity index (χ0) is 62.5. The average molecular weight is 1340 g/mol. The van der Waals surface area contributed by atoms with E-state index in [-0.39, 0.29) is 52.0 Å². The van der Waals surface area contributed by atoms with Gasteiger partial charge in [-0.25, -0.2) is 0 Å². The van der Waals surface area contributed by atoms with E-state index in [1.165, 1.54) is 132 Å². The smallest absolute Gasteiger partial charge is 0.780 e. The fourth-order valence-corrected chi connectivity index (χ4v) is 12.4. The van der Waals surface area contributed by atoms with Gasteiger partial charge in [0.1, 0.15) is 40.7 Å². The van der Waals surface area contributed by atoms with Gasteiger partial charge in [-0.2, -0.15) is 0 Å². The van der Waals surface area contributed by atoms with E-state index in [0.717, 1.165) is 152 Å². The van der Waals surface area contributed by atoms with Gasteiger partial charge in [-0.15, -0.1) is 0 Å². The van der Waals surface area contributed by atoms with E-state index >= 15 is 0 Å². The van der Waals surface area contributed by atoms with E-state index in [1.807, 2.05) is 18.2 Å². The molecule has 0 aliphatic heterocycles. The van der Waals surface area contributed by atoms with Crippen LogP contribution in [-0.2, 0) is 86.9 Å². The zero-order valence-electron chi connectivity index (χ0n) is 55.1. The van der Waals surface area contributed by atoms with Gasteiger partial charge in [0.05, 0.1) is 0 Å². The molecule has 0 amide bonds. The van der Waals surface area contributed by atoms with Crippen molar-refractivity contribution in [1.82, 2.24) is 0 Å². The Hall–Kier alpha value is -1.43. The molecule has 17 heteroatoms. The number of rotatable bonds is 48. The summed E-state index contributed by atoms with van der Waals surface area (Å²) in [6.45, 7) is 19.7. The fraction of sp³-hybridized carbons (Fsp3) is 0.739. The normalized spacial score (nSPS) is 12.6. The van der Waals surface area contributed by atoms with Gasteiger partial charge >= 0.3 is 34.7 Å². The molecule has 0 fully saturated rings. The quantitative estimate of drug-likeness (QED) is 0.0381. The van der Waals surface area contributed by atoms with Crippen molar-refractivity contribution in [2.75, 3.05) is 0 Å². The first kappa shape index (κ1) is 86.6. The Balaban J connectivity index is 0. The van der Waals surface area contributed by atoms with E-state index in [0.29, 0.717) is 17.8 Å². The molecule has 0 spiro atoms. The molecule has 3 atom stereocenters. The Morgan fingerprint density at radius 1 is 0.314 bits per heavy atom. The summed E-state index contributed by atoms with van der Waals surface area (Å²) in [4.78, 5) is 66.8. The average Bonchev–Trinajstić information content (AvgIpc) is 2.39. The van der Waals surface area contributed by atoms with Gasteiger partial charge in [0.15, 0.2) is 0 Å². The van der Waals surface area contributed by atoms with Crippen LogP contribution in [0.4, 0.5) is 0 Å². The van der Waals surface area contributed by atoms with Gasteiger partial charge < -0.3 is 56.6 Å². The summed E-state index contributed by atoms with van der Waals surface area (Å²) in [5.41, 5.74) is 6.18. The summed E-state index contributed by atoms with van der Waals surface area (Å²) in [6.07, 6.45) is 45.2. The SMILES string of the molecule is CCCCCCCCCc1ccc(OP(=O)([O-])[O-])c(CC(CC)CCCC)c1.CCCCCCCCCc1ccc(OP(=O)([O-])[O-])c(CC(CC)CCCC)c1.CCCCCCCCCc1ccc(OP(=O)([O-])[O-])c(CC(CC)CCCC)c1.[Cr+3].[Cr+3]. The molecule has 0 saturated heterocycles. The van der Waals surface area contributed by atoms with Gasteiger partial charge in [-0.3, -0.25) is 0 Å². The minimum atomic E-state index is -5.04. The van der Waals surface area contributed by atoms with Gasteiger partial charge in [0.25, 0.3) is 0 Å². The maximum absolute atomic E-state index is 11.1. The minimum absolute atomic E-state index is 0. The number of hydrogen-bond acceptors (Lipinski definition) is 12. The van der Waals surface area contributed by atoms with Crippen molar-refractivity contribution in [2.45, 2.75) is 313 Å². The second kappa shape index (κ2) is 53.1. The Labute approximate surface area is 547 Å². The van der Waals surface area contributed by atoms with Crippen LogP contribution < -0.4 is 42.9 Å². The maximum Gasteiger partial charge on any atom is 3.00 e. The van der Waals surface area contributed by atoms with Crippen molar-refractivity contribution in [2.24, 2.45) is 17.8 Å². The predicted molar refractivity (Wildman–Crippen MR) is 340 cm³/mol. The van der Waals surface area contributed by atoms with E-state index in [9.17, 15) is 43.1 Å². The van der Waals surface area contributed by atoms with Crippen molar-refractivity contribution in [1.29, 1.82) is 0 Å². The van der Waals surface area contributed by atoms with Gasteiger partial charge in [-0.05, 0) is 127 Å². The molecule has 492 valence electrons. The second-order valence-electron chi connectivity index (χ2n) is 23.9. The molecule has 0 saturated carbocycles. The standard InChI is InChI=1S/3C23H41O4P.2Cr/c3*1-4-7-9-10-11-12-13-15-21-16-17-23(27-28(24,25)26)22(19-21)18-20(6-3)14-8-5-2;;/h3*16-17,19-20H,4-15,18H2,1-3H3,(H2,24,25,26);;/q;;;2*+3/p-6. The second-order valence-corrected chi connectivity index (χ2v) is 27.1. The molecule has 3 aromatic carbocycles. The molecule has 0 aliphatic carbocycles. The topological polar surface area (TPSA) is 217 Å². The molecular weight excluding hydrogens is 1220 g/mol. The van der Waals surface area contributed by atoms with Crippen LogP contribution in [0.25, 0.3) is 0 Å². The van der Waals surface area contributed by atoms with E-state index in [2.05, 4.69) is 80.5 Å². The van der Waals surface area contributed by atoms with Crippen molar-refractivity contribution in [3.63, 3.8) is 0 Å². The summed E-state index contributed by atoms with van der Waals surface area (Å²) in [5, 5.41) is 0. The van der Waals surface area contributed by atoms with Gasteiger partial charge in [-0.1, -0.05) is 291 Å². The third-order valence-electron chi connectivity index (χ3n) is 16.4. The maximum atomic E-state index is 11.1. The first-order valence-electron chi connectivity index (χ1n) is 33.7. The Kier molecular flexibility index (Phi) is 53.5. The molecule has 0 aromatic heterocycles. The van der Waals surface area contributed by atoms with Crippen LogP contribution in [0.2, 0.25) is 0 Å². The molecule has 3 unspecified atom stereocenters.